The van der Waals surface area contributed by atoms with Crippen molar-refractivity contribution in [1.82, 2.24) is 25.8 Å². The number of H-pyrrole nitrogens is 1. The van der Waals surface area contributed by atoms with E-state index in [2.05, 4.69) is 25.8 Å². The minimum atomic E-state index is -0.829. The first kappa shape index (κ1) is 38.4. The van der Waals surface area contributed by atoms with Crippen molar-refractivity contribution in [1.29, 1.82) is 0 Å². The molecule has 3 saturated heterocycles. The summed E-state index contributed by atoms with van der Waals surface area (Å²) in [6.07, 6.45) is 4.60. The average Bonchev–Trinajstić information content (AvgIpc) is 3.21. The molecule has 1 saturated carbocycles. The van der Waals surface area contributed by atoms with Crippen LogP contribution in [0.5, 0.6) is 11.5 Å². The molecule has 4 aliphatic rings. The molecule has 292 valence electrons. The van der Waals surface area contributed by atoms with Gasteiger partial charge in [0.05, 0.1) is 18.2 Å². The number of alkyl carbamates (subject to hydrolysis) is 1. The number of hydrogen-bond acceptors (Lipinski definition) is 9. The van der Waals surface area contributed by atoms with Crippen molar-refractivity contribution in [2.75, 3.05) is 45.9 Å². The average molecular weight is 752 g/mol. The Morgan fingerprint density at radius 1 is 0.891 bits per heavy atom. The number of aromatic nitrogens is 1. The number of nitrogens with one attached hydrogen (secondary N) is 4. The van der Waals surface area contributed by atoms with E-state index in [9.17, 15) is 24.6 Å². The van der Waals surface area contributed by atoms with Crippen LogP contribution in [0.25, 0.3) is 10.9 Å². The minimum Gasteiger partial charge on any atom is -0.506 e. The SMILES string of the molecule is O=C(N[C@H]1CN2CCC1CC2)O[C@@H](c1ccccc1)c1cccc(OCC2CCC(C(=O)NCCCNC[C@H](O)c3ccc(O)c4[nH]c(=O)ccc34)CC2)c1. The molecule has 3 atom stereocenters. The highest BCUT2D eigenvalue weighted by Gasteiger charge is 2.36. The van der Waals surface area contributed by atoms with Gasteiger partial charge >= 0.3 is 6.09 Å². The summed E-state index contributed by atoms with van der Waals surface area (Å²) in [4.78, 5) is 42.9. The van der Waals surface area contributed by atoms with Gasteiger partial charge in [-0.2, -0.15) is 0 Å². The van der Waals surface area contributed by atoms with E-state index in [-0.39, 0.29) is 29.2 Å². The number of ether oxygens (including phenoxy) is 2. The van der Waals surface area contributed by atoms with Crippen LogP contribution < -0.4 is 26.2 Å². The lowest BCUT2D eigenvalue weighted by Crippen LogP contribution is -2.57. The Balaban J connectivity index is 0.821. The highest BCUT2D eigenvalue weighted by atomic mass is 16.6. The number of pyridine rings is 1. The zero-order valence-corrected chi connectivity index (χ0v) is 31.3. The van der Waals surface area contributed by atoms with Gasteiger partial charge in [0.2, 0.25) is 11.5 Å². The molecule has 6 N–H and O–H groups in total. The number of carbonyl (C=O) groups excluding carboxylic acids is 2. The molecule has 4 heterocycles. The number of nitrogens with zero attached hydrogens (tertiary/aromatic N) is 1. The number of phenols is 1. The van der Waals surface area contributed by atoms with Crippen LogP contribution >= 0.6 is 0 Å². The second kappa shape index (κ2) is 18.1. The number of fused-ring (bicyclic) bond motifs is 4. The monoisotopic (exact) mass is 751 g/mol. The Morgan fingerprint density at radius 2 is 1.67 bits per heavy atom. The number of aliphatic hydroxyl groups is 1. The number of phenolic OH excluding ortho intramolecular Hbond substituents is 1. The third kappa shape index (κ3) is 9.86. The van der Waals surface area contributed by atoms with Crippen molar-refractivity contribution >= 4 is 22.9 Å². The van der Waals surface area contributed by atoms with E-state index in [4.69, 9.17) is 9.47 Å². The molecule has 2 amide bonds. The Labute approximate surface area is 321 Å². The van der Waals surface area contributed by atoms with Crippen molar-refractivity contribution in [2.45, 2.75) is 63.2 Å². The topological polar surface area (TPSA) is 165 Å². The number of carbonyl (C=O) groups is 2. The number of aromatic amines is 1. The van der Waals surface area contributed by atoms with Crippen molar-refractivity contribution in [3.8, 4) is 11.5 Å². The summed E-state index contributed by atoms with van der Waals surface area (Å²) in [6.45, 7) is 5.11. The van der Waals surface area contributed by atoms with Gasteiger partial charge < -0.3 is 45.5 Å². The van der Waals surface area contributed by atoms with Crippen LogP contribution in [0.4, 0.5) is 4.79 Å². The summed E-state index contributed by atoms with van der Waals surface area (Å²) < 4.78 is 12.4. The maximum Gasteiger partial charge on any atom is 0.408 e. The van der Waals surface area contributed by atoms with Crippen molar-refractivity contribution in [2.24, 2.45) is 17.8 Å². The smallest absolute Gasteiger partial charge is 0.408 e. The molecule has 0 radical (unpaired) electrons. The molecular weight excluding hydrogens is 699 g/mol. The molecule has 55 heavy (non-hydrogen) atoms. The van der Waals surface area contributed by atoms with Crippen LogP contribution in [0.3, 0.4) is 0 Å². The normalized spacial score (nSPS) is 23.1. The van der Waals surface area contributed by atoms with Gasteiger partial charge in [-0.05, 0) is 112 Å². The van der Waals surface area contributed by atoms with E-state index in [1.54, 1.807) is 12.1 Å². The lowest BCUT2D eigenvalue weighted by Gasteiger charge is -2.44. The maximum absolute atomic E-state index is 13.2. The number of aromatic hydroxyl groups is 1. The highest BCUT2D eigenvalue weighted by molar-refractivity contribution is 5.87. The van der Waals surface area contributed by atoms with E-state index in [1.807, 2.05) is 54.6 Å². The van der Waals surface area contributed by atoms with E-state index in [0.717, 1.165) is 75.0 Å². The zero-order valence-electron chi connectivity index (χ0n) is 31.3. The second-order valence-electron chi connectivity index (χ2n) is 15.3. The van der Waals surface area contributed by atoms with Gasteiger partial charge in [0.1, 0.15) is 11.5 Å². The van der Waals surface area contributed by atoms with Gasteiger partial charge in [0.15, 0.2) is 6.10 Å². The first-order valence-electron chi connectivity index (χ1n) is 19.8. The van der Waals surface area contributed by atoms with Gasteiger partial charge in [0.25, 0.3) is 0 Å². The summed E-state index contributed by atoms with van der Waals surface area (Å²) in [7, 11) is 0. The summed E-state index contributed by atoms with van der Waals surface area (Å²) in [5.41, 5.74) is 2.34. The Kier molecular flexibility index (Phi) is 12.7. The van der Waals surface area contributed by atoms with Crippen molar-refractivity contribution in [3.05, 3.63) is 106 Å². The lowest BCUT2D eigenvalue weighted by molar-refractivity contribution is -0.126. The predicted octanol–water partition coefficient (Wildman–Crippen LogP) is 5.16. The van der Waals surface area contributed by atoms with Crippen LogP contribution in [-0.4, -0.2) is 84.0 Å². The number of aliphatic hydroxyl groups excluding tert-OH is 1. The van der Waals surface area contributed by atoms with Gasteiger partial charge in [-0.15, -0.1) is 0 Å². The first-order chi connectivity index (χ1) is 26.8. The van der Waals surface area contributed by atoms with Gasteiger partial charge in [-0.25, -0.2) is 4.79 Å². The Morgan fingerprint density at radius 3 is 2.44 bits per heavy atom. The molecule has 3 aromatic carbocycles. The highest BCUT2D eigenvalue weighted by Crippen LogP contribution is 2.33. The molecular formula is C43H53N5O7. The number of benzene rings is 3. The fraction of sp³-hybridized carbons (Fsp3) is 0.465. The standard InChI is InChI=1S/C43H53N5O7/c49-37-16-14-34(35-15-17-39(51)47-40(35)37)38(50)25-44-20-5-21-45-42(52)31-12-10-28(11-13-31)27-54-33-9-4-8-32(24-33)41(30-6-2-1-3-7-30)55-43(53)46-36-26-48-22-18-29(36)19-23-48/h1-4,6-9,14-17,24,28-29,31,36,38,41,44,49-50H,5,10-13,18-23,25-27H2,(H,45,52)(H,46,53)(H,47,51)/t28?,31?,36-,38-,41-/m0/s1. The Bertz CT molecular complexity index is 1960. The summed E-state index contributed by atoms with van der Waals surface area (Å²) in [5, 5.41) is 30.9. The lowest BCUT2D eigenvalue weighted by atomic mass is 9.82. The predicted molar refractivity (Wildman–Crippen MR) is 210 cm³/mol. The largest absolute Gasteiger partial charge is 0.506 e. The van der Waals surface area contributed by atoms with Crippen molar-refractivity contribution < 1.29 is 29.3 Å². The third-order valence-corrected chi connectivity index (χ3v) is 11.6. The van der Waals surface area contributed by atoms with E-state index in [1.165, 1.54) is 12.1 Å². The summed E-state index contributed by atoms with van der Waals surface area (Å²) in [5.74, 6) is 1.61. The van der Waals surface area contributed by atoms with E-state index >= 15 is 0 Å². The molecule has 4 aromatic rings. The fourth-order valence-electron chi connectivity index (χ4n) is 8.42. The zero-order chi connectivity index (χ0) is 38.1. The van der Waals surface area contributed by atoms with Gasteiger partial charge in [-0.3, -0.25) is 9.59 Å². The Hall–Kier alpha value is -4.91. The molecule has 4 fully saturated rings. The number of piperidine rings is 3. The molecule has 12 heteroatoms. The maximum atomic E-state index is 13.2. The molecule has 0 unspecified atom stereocenters. The van der Waals surface area contributed by atoms with E-state index < -0.39 is 18.3 Å². The molecule has 2 bridgehead atoms. The van der Waals surface area contributed by atoms with Crippen LogP contribution in [0.15, 0.2) is 83.7 Å². The summed E-state index contributed by atoms with van der Waals surface area (Å²) in [6, 6.07) is 23.8. The van der Waals surface area contributed by atoms with E-state index in [0.29, 0.717) is 61.0 Å². The molecule has 12 nitrogen and oxygen atoms in total. The molecule has 3 aliphatic heterocycles. The number of amides is 2. The quantitative estimate of drug-likeness (QED) is 0.0901. The second-order valence-corrected chi connectivity index (χ2v) is 15.3. The molecule has 8 rings (SSSR count). The number of rotatable bonds is 15. The van der Waals surface area contributed by atoms with Crippen LogP contribution in [0.1, 0.15) is 73.8 Å². The number of hydrogen-bond donors (Lipinski definition) is 6. The first-order valence-corrected chi connectivity index (χ1v) is 19.8. The molecule has 1 aliphatic carbocycles. The summed E-state index contributed by atoms with van der Waals surface area (Å²) >= 11 is 0. The van der Waals surface area contributed by atoms with Crippen LogP contribution in [0.2, 0.25) is 0 Å². The molecule has 0 spiro atoms. The third-order valence-electron chi connectivity index (χ3n) is 11.6. The van der Waals surface area contributed by atoms with Gasteiger partial charge in [0, 0.05) is 48.6 Å². The van der Waals surface area contributed by atoms with Crippen molar-refractivity contribution in [3.63, 3.8) is 0 Å². The van der Waals surface area contributed by atoms with Gasteiger partial charge in [-0.1, -0.05) is 48.5 Å². The minimum absolute atomic E-state index is 0.0144. The van der Waals surface area contributed by atoms with Crippen LogP contribution in [-0.2, 0) is 9.53 Å². The fourth-order valence-corrected chi connectivity index (χ4v) is 8.42. The van der Waals surface area contributed by atoms with Crippen LogP contribution in [0, 0.1) is 17.8 Å². The molecule has 1 aromatic heterocycles.